The average Bonchev–Trinajstić information content (AvgIpc) is 1.98. The van der Waals surface area contributed by atoms with Crippen molar-refractivity contribution in [3.8, 4) is 0 Å². The first-order chi connectivity index (χ1) is 4.41. The van der Waals surface area contributed by atoms with E-state index in [0.29, 0.717) is 12.8 Å². The summed E-state index contributed by atoms with van der Waals surface area (Å²) in [5.74, 6) is 0. The Morgan fingerprint density at radius 3 is 1.11 bits per heavy atom. The lowest BCUT2D eigenvalue weighted by molar-refractivity contribution is -0.117. The highest BCUT2D eigenvalue weighted by molar-refractivity contribution is 5.67. The predicted molar refractivity (Wildman–Crippen MR) is 29.5 cm³/mol. The third-order valence-corrected chi connectivity index (χ3v) is 0.136. The zero-order valence-electron chi connectivity index (χ0n) is 4.70. The first kappa shape index (κ1) is 15.6. The number of carbonyl (C=O) groups excluding carboxylic acids is 4. The lowest BCUT2D eigenvalue weighted by atomic mass is 11.2. The van der Waals surface area contributed by atoms with Crippen LogP contribution < -0.4 is 5.32 Å². The third kappa shape index (κ3) is 564. The van der Waals surface area contributed by atoms with Crippen LogP contribution in [0.5, 0.6) is 0 Å². The van der Waals surface area contributed by atoms with Gasteiger partial charge in [0.25, 0.3) is 0 Å². The molecule has 9 heavy (non-hydrogen) atoms. The Bertz CT molecular complexity index is 57.6. The minimum atomic E-state index is 0.312. The van der Waals surface area contributed by atoms with Crippen molar-refractivity contribution < 1.29 is 19.2 Å². The fraction of sp³-hybridized carbons (Fsp3) is 0. The molecule has 0 aromatic rings. The lowest BCUT2D eigenvalue weighted by Gasteiger charge is -1.64. The van der Waals surface area contributed by atoms with Crippen LogP contribution in [0.1, 0.15) is 0 Å². The van der Waals surface area contributed by atoms with Crippen molar-refractivity contribution in [2.24, 2.45) is 0 Å². The van der Waals surface area contributed by atoms with E-state index >= 15 is 0 Å². The Morgan fingerprint density at radius 1 is 0.889 bits per heavy atom. The van der Waals surface area contributed by atoms with Gasteiger partial charge in [-0.25, -0.2) is 0 Å². The molecule has 0 saturated carbocycles. The Morgan fingerprint density at radius 2 is 1.11 bits per heavy atom. The predicted octanol–water partition coefficient (Wildman–Crippen LogP) is -1.48. The van der Waals surface area contributed by atoms with Crippen LogP contribution in [0.3, 0.4) is 0 Å². The van der Waals surface area contributed by atoms with E-state index in [4.69, 9.17) is 19.2 Å². The largest absolute Gasteiger partial charge is 0.307 e. The van der Waals surface area contributed by atoms with Gasteiger partial charge in [0.15, 0.2) is 0 Å². The summed E-state index contributed by atoms with van der Waals surface area (Å²) in [7, 11) is 0. The number of hydrogen-bond donors (Lipinski definition) is 1. The number of carbonyl (C=O) groups is 4. The molecule has 1 N–H and O–H groups in total. The van der Waals surface area contributed by atoms with Gasteiger partial charge < -0.3 is 14.9 Å². The molecule has 5 nitrogen and oxygen atoms in total. The van der Waals surface area contributed by atoms with Gasteiger partial charge in [-0.3, -0.25) is 9.59 Å². The van der Waals surface area contributed by atoms with Gasteiger partial charge in [0.2, 0.25) is 12.8 Å². The Kier molecular flexibility index (Phi) is 154. The Balaban J connectivity index is -0.0000000771. The zero-order chi connectivity index (χ0) is 8.12. The van der Waals surface area contributed by atoms with Crippen molar-refractivity contribution in [1.29, 1.82) is 0 Å². The molecule has 0 heterocycles. The highest BCUT2D eigenvalue weighted by Crippen LogP contribution is 1.17. The van der Waals surface area contributed by atoms with Crippen LogP contribution in [0.4, 0.5) is 0 Å². The minimum absolute atomic E-state index is 0.312. The topological polar surface area (TPSA) is 80.3 Å². The van der Waals surface area contributed by atoms with Crippen molar-refractivity contribution in [3.63, 3.8) is 0 Å². The van der Waals surface area contributed by atoms with Gasteiger partial charge in [-0.05, 0) is 0 Å². The normalized spacial score (nSPS) is 4.00. The SMILES string of the molecule is C=O.C=O.O=CNC=O. The molecule has 0 rings (SSSR count). The molecule has 0 aliphatic heterocycles. The first-order valence-corrected chi connectivity index (χ1v) is 1.63. The molecule has 0 radical (unpaired) electrons. The van der Waals surface area contributed by atoms with E-state index in [1.54, 1.807) is 5.32 Å². The van der Waals surface area contributed by atoms with Crippen molar-refractivity contribution in [2.75, 3.05) is 0 Å². The van der Waals surface area contributed by atoms with Crippen LogP contribution in [0.15, 0.2) is 0 Å². The molecule has 5 heteroatoms. The molecule has 0 aliphatic carbocycles. The molecule has 0 bridgehead atoms. The quantitative estimate of drug-likeness (QED) is 0.466. The van der Waals surface area contributed by atoms with E-state index in [1.165, 1.54) is 0 Å². The maximum atomic E-state index is 9.06. The second kappa shape index (κ2) is 88.8. The fourth-order valence-electron chi connectivity index (χ4n) is 0.0278. The van der Waals surface area contributed by atoms with E-state index in [1.807, 2.05) is 13.6 Å². The first-order valence-electron chi connectivity index (χ1n) is 1.63. The third-order valence-electron chi connectivity index (χ3n) is 0.136. The highest BCUT2D eigenvalue weighted by atomic mass is 16.2. The van der Waals surface area contributed by atoms with Gasteiger partial charge in [-0.15, -0.1) is 0 Å². The van der Waals surface area contributed by atoms with Gasteiger partial charge in [-0.1, -0.05) is 0 Å². The van der Waals surface area contributed by atoms with E-state index < -0.39 is 0 Å². The molecule has 0 saturated heterocycles. The van der Waals surface area contributed by atoms with Crippen molar-refractivity contribution in [1.82, 2.24) is 5.32 Å². The lowest BCUT2D eigenvalue weighted by Crippen LogP contribution is -2.04. The smallest absolute Gasteiger partial charge is 0.213 e. The van der Waals surface area contributed by atoms with Gasteiger partial charge in [0, 0.05) is 0 Å². The summed E-state index contributed by atoms with van der Waals surface area (Å²) in [5, 5.41) is 1.75. The summed E-state index contributed by atoms with van der Waals surface area (Å²) in [4.78, 5) is 34.1. The number of hydrogen-bond acceptors (Lipinski definition) is 4. The van der Waals surface area contributed by atoms with Gasteiger partial charge in [0.05, 0.1) is 0 Å². The van der Waals surface area contributed by atoms with E-state index in [9.17, 15) is 0 Å². The average molecular weight is 133 g/mol. The maximum absolute atomic E-state index is 9.06. The summed E-state index contributed by atoms with van der Waals surface area (Å²) >= 11 is 0. The molecular formula is C4H7NO4. The molecule has 0 fully saturated rings. The summed E-state index contributed by atoms with van der Waals surface area (Å²) < 4.78 is 0. The van der Waals surface area contributed by atoms with Crippen molar-refractivity contribution in [3.05, 3.63) is 0 Å². The molecule has 52 valence electrons. The molecule has 0 aromatic heterocycles. The summed E-state index contributed by atoms with van der Waals surface area (Å²) in [5.41, 5.74) is 0. The van der Waals surface area contributed by atoms with E-state index in [2.05, 4.69) is 0 Å². The van der Waals surface area contributed by atoms with Gasteiger partial charge >= 0.3 is 0 Å². The molecular weight excluding hydrogens is 126 g/mol. The summed E-state index contributed by atoms with van der Waals surface area (Å²) in [6, 6.07) is 0. The van der Waals surface area contributed by atoms with Crippen LogP contribution in [0.2, 0.25) is 0 Å². The van der Waals surface area contributed by atoms with Crippen molar-refractivity contribution in [2.45, 2.75) is 0 Å². The zero-order valence-corrected chi connectivity index (χ0v) is 4.70. The molecule has 0 spiro atoms. The highest BCUT2D eigenvalue weighted by Gasteiger charge is 1.56. The van der Waals surface area contributed by atoms with E-state index in [-0.39, 0.29) is 0 Å². The summed E-state index contributed by atoms with van der Waals surface area (Å²) in [6.45, 7) is 4.00. The van der Waals surface area contributed by atoms with E-state index in [0.717, 1.165) is 0 Å². The van der Waals surface area contributed by atoms with Crippen LogP contribution in [-0.2, 0) is 19.2 Å². The van der Waals surface area contributed by atoms with Crippen LogP contribution in [0.25, 0.3) is 0 Å². The minimum Gasteiger partial charge on any atom is -0.307 e. The van der Waals surface area contributed by atoms with Crippen LogP contribution in [-0.4, -0.2) is 26.4 Å². The number of imide groups is 1. The molecule has 0 unspecified atom stereocenters. The second-order valence-corrected chi connectivity index (χ2v) is 0.402. The Hall–Kier alpha value is -1.52. The second-order valence-electron chi connectivity index (χ2n) is 0.402. The van der Waals surface area contributed by atoms with Gasteiger partial charge in [-0.2, -0.15) is 0 Å². The Labute approximate surface area is 52.0 Å². The standard InChI is InChI=1S/C2H3NO2.2CH2O/c4-1-3-2-5;2*1-2/h1-2H,(H,3,4,5);2*1H2. The molecule has 0 atom stereocenters. The summed E-state index contributed by atoms with van der Waals surface area (Å²) in [6.07, 6.45) is 0.625. The number of rotatable bonds is 2. The van der Waals surface area contributed by atoms with Crippen LogP contribution in [0, 0.1) is 0 Å². The number of nitrogens with one attached hydrogen (secondary N) is 1. The van der Waals surface area contributed by atoms with Crippen molar-refractivity contribution >= 4 is 26.4 Å². The maximum Gasteiger partial charge on any atom is 0.213 e. The molecule has 0 aromatic carbocycles. The van der Waals surface area contributed by atoms with Crippen LogP contribution >= 0.6 is 0 Å². The number of amides is 2. The monoisotopic (exact) mass is 133 g/mol. The molecule has 0 aliphatic rings. The fourth-order valence-corrected chi connectivity index (χ4v) is 0.0278. The van der Waals surface area contributed by atoms with Gasteiger partial charge in [0.1, 0.15) is 13.6 Å². The molecule has 2 amide bonds.